The summed E-state index contributed by atoms with van der Waals surface area (Å²) in [6.45, 7) is 4.55. The Morgan fingerprint density at radius 1 is 1.28 bits per heavy atom. The molecule has 2 nitrogen and oxygen atoms in total. The second-order valence-corrected chi connectivity index (χ2v) is 6.12. The number of rotatable bonds is 3. The maximum atomic E-state index is 6.03. The molecular formula is C16H24N2. The van der Waals surface area contributed by atoms with Crippen LogP contribution in [-0.4, -0.2) is 23.5 Å². The topological polar surface area (TPSA) is 29.3 Å². The molecule has 3 rings (SSSR count). The van der Waals surface area contributed by atoms with Crippen LogP contribution in [0.1, 0.15) is 49.7 Å². The van der Waals surface area contributed by atoms with E-state index in [1.54, 1.807) is 5.56 Å². The number of likely N-dealkylation sites (tertiary alicyclic amines) is 1. The van der Waals surface area contributed by atoms with Gasteiger partial charge >= 0.3 is 0 Å². The minimum Gasteiger partial charge on any atom is -0.328 e. The number of piperidine rings is 1. The van der Waals surface area contributed by atoms with Crippen LogP contribution in [0.3, 0.4) is 0 Å². The highest BCUT2D eigenvalue weighted by Crippen LogP contribution is 2.40. The van der Waals surface area contributed by atoms with Gasteiger partial charge in [0.2, 0.25) is 0 Å². The number of nitrogens with zero attached hydrogens (tertiary/aromatic N) is 1. The van der Waals surface area contributed by atoms with Gasteiger partial charge in [0.05, 0.1) is 0 Å². The first-order valence-electron chi connectivity index (χ1n) is 7.31. The molecule has 2 N–H and O–H groups in total. The molecule has 1 aliphatic carbocycles. The van der Waals surface area contributed by atoms with Gasteiger partial charge in [-0.25, -0.2) is 0 Å². The standard InChI is InChI=1S/C16H24N2/c1-12-9-16(17)7-8-18(12)11-13-3-2-4-15(10-13)14-5-6-14/h2-4,10,12,14,16H,5-9,11,17H2,1H3. The van der Waals surface area contributed by atoms with Gasteiger partial charge in [-0.15, -0.1) is 0 Å². The Balaban J connectivity index is 1.66. The lowest BCUT2D eigenvalue weighted by Crippen LogP contribution is -2.44. The van der Waals surface area contributed by atoms with E-state index in [-0.39, 0.29) is 0 Å². The van der Waals surface area contributed by atoms with E-state index in [1.165, 1.54) is 18.4 Å². The molecule has 2 aliphatic rings. The van der Waals surface area contributed by atoms with Crippen molar-refractivity contribution in [2.24, 2.45) is 5.73 Å². The molecule has 0 bridgehead atoms. The van der Waals surface area contributed by atoms with Crippen LogP contribution in [0.2, 0.25) is 0 Å². The van der Waals surface area contributed by atoms with Gasteiger partial charge in [0.25, 0.3) is 0 Å². The van der Waals surface area contributed by atoms with E-state index in [4.69, 9.17) is 5.73 Å². The van der Waals surface area contributed by atoms with Crippen LogP contribution in [0.15, 0.2) is 24.3 Å². The first kappa shape index (κ1) is 12.2. The first-order valence-corrected chi connectivity index (χ1v) is 7.31. The molecule has 2 unspecified atom stereocenters. The lowest BCUT2D eigenvalue weighted by Gasteiger charge is -2.36. The Morgan fingerprint density at radius 3 is 2.83 bits per heavy atom. The van der Waals surface area contributed by atoms with Crippen LogP contribution >= 0.6 is 0 Å². The molecule has 1 saturated carbocycles. The molecule has 1 aromatic carbocycles. The van der Waals surface area contributed by atoms with Gasteiger partial charge in [0.1, 0.15) is 0 Å². The van der Waals surface area contributed by atoms with Gasteiger partial charge in [0.15, 0.2) is 0 Å². The number of benzene rings is 1. The Hall–Kier alpha value is -0.860. The average Bonchev–Trinajstić information content (AvgIpc) is 3.17. The molecule has 2 fully saturated rings. The minimum absolute atomic E-state index is 0.411. The van der Waals surface area contributed by atoms with E-state index < -0.39 is 0 Å². The van der Waals surface area contributed by atoms with Crippen molar-refractivity contribution in [1.82, 2.24) is 4.90 Å². The van der Waals surface area contributed by atoms with Crippen LogP contribution in [-0.2, 0) is 6.54 Å². The van der Waals surface area contributed by atoms with E-state index in [9.17, 15) is 0 Å². The largest absolute Gasteiger partial charge is 0.328 e. The van der Waals surface area contributed by atoms with Crippen LogP contribution in [0.25, 0.3) is 0 Å². The van der Waals surface area contributed by atoms with Crippen molar-refractivity contribution in [2.75, 3.05) is 6.54 Å². The summed E-state index contributed by atoms with van der Waals surface area (Å²) in [5.74, 6) is 0.858. The van der Waals surface area contributed by atoms with Crippen molar-refractivity contribution in [3.05, 3.63) is 35.4 Å². The smallest absolute Gasteiger partial charge is 0.0236 e. The Labute approximate surface area is 110 Å². The molecule has 0 spiro atoms. The van der Waals surface area contributed by atoms with Gasteiger partial charge in [-0.05, 0) is 49.7 Å². The van der Waals surface area contributed by atoms with E-state index in [2.05, 4.69) is 36.1 Å². The fourth-order valence-corrected chi connectivity index (χ4v) is 3.09. The second-order valence-electron chi connectivity index (χ2n) is 6.12. The SMILES string of the molecule is CC1CC(N)CCN1Cc1cccc(C2CC2)c1. The molecule has 2 heteroatoms. The average molecular weight is 244 g/mol. The number of nitrogens with two attached hydrogens (primary N) is 1. The zero-order chi connectivity index (χ0) is 12.5. The van der Waals surface area contributed by atoms with E-state index in [1.807, 2.05) is 0 Å². The van der Waals surface area contributed by atoms with Gasteiger partial charge in [-0.1, -0.05) is 24.3 Å². The van der Waals surface area contributed by atoms with Crippen LogP contribution in [0.5, 0.6) is 0 Å². The zero-order valence-electron chi connectivity index (χ0n) is 11.3. The molecule has 1 aromatic rings. The minimum atomic E-state index is 0.411. The summed E-state index contributed by atoms with van der Waals surface area (Å²) in [4.78, 5) is 2.58. The third kappa shape index (κ3) is 2.76. The van der Waals surface area contributed by atoms with Crippen molar-refractivity contribution < 1.29 is 0 Å². The summed E-state index contributed by atoms with van der Waals surface area (Å²) in [6.07, 6.45) is 5.06. The van der Waals surface area contributed by atoms with Gasteiger partial charge in [-0.3, -0.25) is 4.90 Å². The fourth-order valence-electron chi connectivity index (χ4n) is 3.09. The Morgan fingerprint density at radius 2 is 2.11 bits per heavy atom. The summed E-state index contributed by atoms with van der Waals surface area (Å²) < 4.78 is 0. The lowest BCUT2D eigenvalue weighted by molar-refractivity contribution is 0.140. The Bertz CT molecular complexity index is 411. The monoisotopic (exact) mass is 244 g/mol. The summed E-state index contributed by atoms with van der Waals surface area (Å²) >= 11 is 0. The van der Waals surface area contributed by atoms with E-state index in [0.717, 1.165) is 31.8 Å². The predicted molar refractivity (Wildman–Crippen MR) is 75.5 cm³/mol. The third-order valence-corrected chi connectivity index (χ3v) is 4.44. The van der Waals surface area contributed by atoms with Crippen molar-refractivity contribution in [3.63, 3.8) is 0 Å². The highest BCUT2D eigenvalue weighted by molar-refractivity contribution is 5.29. The van der Waals surface area contributed by atoms with E-state index >= 15 is 0 Å². The molecule has 18 heavy (non-hydrogen) atoms. The normalized spacial score (nSPS) is 29.4. The molecule has 98 valence electrons. The maximum Gasteiger partial charge on any atom is 0.0236 e. The van der Waals surface area contributed by atoms with Crippen LogP contribution in [0, 0.1) is 0 Å². The van der Waals surface area contributed by atoms with Crippen LogP contribution < -0.4 is 5.73 Å². The second kappa shape index (κ2) is 5.02. The van der Waals surface area contributed by atoms with Crippen molar-refractivity contribution in [1.29, 1.82) is 0 Å². The molecule has 1 saturated heterocycles. The van der Waals surface area contributed by atoms with Crippen molar-refractivity contribution in [3.8, 4) is 0 Å². The lowest BCUT2D eigenvalue weighted by atomic mass is 9.98. The van der Waals surface area contributed by atoms with Crippen LogP contribution in [0.4, 0.5) is 0 Å². The summed E-state index contributed by atoms with van der Waals surface area (Å²) in [5.41, 5.74) is 9.05. The van der Waals surface area contributed by atoms with E-state index in [0.29, 0.717) is 12.1 Å². The van der Waals surface area contributed by atoms with Crippen molar-refractivity contribution >= 4 is 0 Å². The highest BCUT2D eigenvalue weighted by Gasteiger charge is 2.25. The molecule has 0 aromatic heterocycles. The quantitative estimate of drug-likeness (QED) is 0.886. The van der Waals surface area contributed by atoms with Gasteiger partial charge in [-0.2, -0.15) is 0 Å². The number of hydrogen-bond donors (Lipinski definition) is 1. The first-order chi connectivity index (χ1) is 8.72. The van der Waals surface area contributed by atoms with Gasteiger partial charge in [0, 0.05) is 25.2 Å². The summed E-state index contributed by atoms with van der Waals surface area (Å²) in [7, 11) is 0. The number of hydrogen-bond acceptors (Lipinski definition) is 2. The maximum absolute atomic E-state index is 6.03. The van der Waals surface area contributed by atoms with Gasteiger partial charge < -0.3 is 5.73 Å². The molecule has 0 radical (unpaired) electrons. The highest BCUT2D eigenvalue weighted by atomic mass is 15.2. The fraction of sp³-hybridized carbons (Fsp3) is 0.625. The summed E-state index contributed by atoms with van der Waals surface area (Å²) in [5, 5.41) is 0. The Kier molecular flexibility index (Phi) is 3.40. The molecule has 1 heterocycles. The molecule has 0 amide bonds. The molecular weight excluding hydrogens is 220 g/mol. The predicted octanol–water partition coefficient (Wildman–Crippen LogP) is 2.88. The summed E-state index contributed by atoms with van der Waals surface area (Å²) in [6, 6.07) is 10.2. The zero-order valence-corrected chi connectivity index (χ0v) is 11.3. The molecule has 2 atom stereocenters. The van der Waals surface area contributed by atoms with Crippen molar-refractivity contribution in [2.45, 2.75) is 57.2 Å². The third-order valence-electron chi connectivity index (χ3n) is 4.44. The molecule has 1 aliphatic heterocycles.